The van der Waals surface area contributed by atoms with Crippen LogP contribution in [-0.2, 0) is 4.74 Å². The van der Waals surface area contributed by atoms with Crippen LogP contribution in [-0.4, -0.2) is 62.3 Å². The molecule has 6 heteroatoms. The number of methoxy groups -OCH3 is 1. The zero-order chi connectivity index (χ0) is 15.6. The maximum atomic E-state index is 5.39. The van der Waals surface area contributed by atoms with Gasteiger partial charge in [0.2, 0.25) is 0 Å². The third kappa shape index (κ3) is 10.3. The van der Waals surface area contributed by atoms with Crippen molar-refractivity contribution in [2.75, 3.05) is 39.8 Å². The number of aliphatic imine (C=N–C) groups is 1. The monoisotopic (exact) mass is 414 g/mol. The Morgan fingerprint density at radius 3 is 2.19 bits per heavy atom. The van der Waals surface area contributed by atoms with Gasteiger partial charge in [-0.05, 0) is 40.8 Å². The van der Waals surface area contributed by atoms with E-state index >= 15 is 0 Å². The molecule has 0 saturated heterocycles. The molecule has 0 aliphatic heterocycles. The summed E-state index contributed by atoms with van der Waals surface area (Å²) in [5, 5.41) is 6.68. The number of nitrogens with one attached hydrogen (secondary N) is 2. The Morgan fingerprint density at radius 2 is 1.76 bits per heavy atom. The highest BCUT2D eigenvalue weighted by atomic mass is 127. The number of rotatable bonds is 9. The molecule has 1 unspecified atom stereocenters. The number of nitrogens with zero attached hydrogens (tertiary/aromatic N) is 2. The van der Waals surface area contributed by atoms with Gasteiger partial charge in [0.25, 0.3) is 0 Å². The predicted octanol–water partition coefficient (Wildman–Crippen LogP) is 2.31. The van der Waals surface area contributed by atoms with Crippen LogP contribution in [0.15, 0.2) is 4.99 Å². The van der Waals surface area contributed by atoms with Crippen molar-refractivity contribution in [1.29, 1.82) is 0 Å². The molecule has 0 radical (unpaired) electrons. The maximum absolute atomic E-state index is 5.39. The molecule has 0 heterocycles. The quantitative estimate of drug-likeness (QED) is 0.346. The Balaban J connectivity index is 0. The molecule has 2 N–H and O–H groups in total. The van der Waals surface area contributed by atoms with E-state index in [0.29, 0.717) is 12.6 Å². The van der Waals surface area contributed by atoms with Crippen LogP contribution >= 0.6 is 24.0 Å². The first-order valence-corrected chi connectivity index (χ1v) is 7.71. The van der Waals surface area contributed by atoms with Crippen LogP contribution in [0.1, 0.15) is 41.5 Å². The molecule has 128 valence electrons. The van der Waals surface area contributed by atoms with E-state index in [1.54, 1.807) is 7.11 Å². The largest absolute Gasteiger partial charge is 0.377 e. The van der Waals surface area contributed by atoms with Crippen LogP contribution in [0, 0.1) is 0 Å². The van der Waals surface area contributed by atoms with Crippen LogP contribution in [0.5, 0.6) is 0 Å². The zero-order valence-electron chi connectivity index (χ0n) is 14.8. The summed E-state index contributed by atoms with van der Waals surface area (Å²) >= 11 is 0. The van der Waals surface area contributed by atoms with Crippen molar-refractivity contribution in [2.45, 2.75) is 53.2 Å². The van der Waals surface area contributed by atoms with Gasteiger partial charge >= 0.3 is 0 Å². The molecule has 5 nitrogen and oxygen atoms in total. The van der Waals surface area contributed by atoms with Gasteiger partial charge in [0.15, 0.2) is 5.96 Å². The summed E-state index contributed by atoms with van der Waals surface area (Å²) in [6.07, 6.45) is 0. The molecule has 0 amide bonds. The third-order valence-corrected chi connectivity index (χ3v) is 3.52. The standard InChI is InChI=1S/C15H34N4O.HI/c1-8-16-14(18-12-15(5,6)20-7)17-11-13(4)19(9-2)10-3;/h13H,8-12H2,1-7H3,(H2,16,17,18);1H. The summed E-state index contributed by atoms with van der Waals surface area (Å²) in [5.41, 5.74) is -0.229. The van der Waals surface area contributed by atoms with Crippen molar-refractivity contribution >= 4 is 29.9 Å². The minimum atomic E-state index is -0.229. The molecule has 0 saturated carbocycles. The minimum absolute atomic E-state index is 0. The SMILES string of the molecule is CCNC(=NCC(C)(C)OC)NCC(C)N(CC)CC.I. The van der Waals surface area contributed by atoms with Crippen molar-refractivity contribution < 1.29 is 4.74 Å². The number of hydrogen-bond acceptors (Lipinski definition) is 3. The van der Waals surface area contributed by atoms with Crippen molar-refractivity contribution in [3.63, 3.8) is 0 Å². The number of halogens is 1. The molecular weight excluding hydrogens is 379 g/mol. The minimum Gasteiger partial charge on any atom is -0.377 e. The van der Waals surface area contributed by atoms with E-state index in [4.69, 9.17) is 4.74 Å². The normalized spacial score (nSPS) is 13.8. The summed E-state index contributed by atoms with van der Waals surface area (Å²) in [4.78, 5) is 7.02. The first-order chi connectivity index (χ1) is 9.40. The van der Waals surface area contributed by atoms with E-state index in [0.717, 1.165) is 32.1 Å². The first kappa shape index (κ1) is 23.2. The van der Waals surface area contributed by atoms with Gasteiger partial charge in [0, 0.05) is 26.2 Å². The van der Waals surface area contributed by atoms with Crippen LogP contribution in [0.4, 0.5) is 0 Å². The average Bonchev–Trinajstić information content (AvgIpc) is 2.43. The predicted molar refractivity (Wildman–Crippen MR) is 103 cm³/mol. The van der Waals surface area contributed by atoms with E-state index in [-0.39, 0.29) is 29.6 Å². The Labute approximate surface area is 148 Å². The Morgan fingerprint density at radius 1 is 1.19 bits per heavy atom. The van der Waals surface area contributed by atoms with Gasteiger partial charge in [-0.1, -0.05) is 13.8 Å². The van der Waals surface area contributed by atoms with Gasteiger partial charge in [-0.2, -0.15) is 0 Å². The van der Waals surface area contributed by atoms with Gasteiger partial charge in [-0.15, -0.1) is 24.0 Å². The average molecular weight is 414 g/mol. The Hall–Kier alpha value is -0.0800. The lowest BCUT2D eigenvalue weighted by molar-refractivity contribution is 0.0310. The zero-order valence-corrected chi connectivity index (χ0v) is 17.2. The molecule has 1 atom stereocenters. The molecule has 0 aromatic rings. The Kier molecular flexibility index (Phi) is 13.8. The number of ether oxygens (including phenoxy) is 1. The fourth-order valence-electron chi connectivity index (χ4n) is 1.90. The van der Waals surface area contributed by atoms with Gasteiger partial charge in [-0.25, -0.2) is 0 Å². The van der Waals surface area contributed by atoms with Gasteiger partial charge in [0.1, 0.15) is 0 Å². The van der Waals surface area contributed by atoms with Crippen molar-refractivity contribution in [1.82, 2.24) is 15.5 Å². The number of hydrogen-bond donors (Lipinski definition) is 2. The smallest absolute Gasteiger partial charge is 0.191 e. The van der Waals surface area contributed by atoms with Crippen LogP contribution in [0.25, 0.3) is 0 Å². The second-order valence-corrected chi connectivity index (χ2v) is 5.61. The van der Waals surface area contributed by atoms with Crippen LogP contribution in [0.2, 0.25) is 0 Å². The topological polar surface area (TPSA) is 48.9 Å². The van der Waals surface area contributed by atoms with E-state index < -0.39 is 0 Å². The van der Waals surface area contributed by atoms with Crippen molar-refractivity contribution in [3.8, 4) is 0 Å². The van der Waals surface area contributed by atoms with Gasteiger partial charge < -0.3 is 15.4 Å². The van der Waals surface area contributed by atoms with Gasteiger partial charge in [-0.3, -0.25) is 9.89 Å². The van der Waals surface area contributed by atoms with Gasteiger partial charge in [0.05, 0.1) is 12.1 Å². The Bertz CT molecular complexity index is 281. The van der Waals surface area contributed by atoms with Crippen LogP contribution < -0.4 is 10.6 Å². The second kappa shape index (κ2) is 12.5. The summed E-state index contributed by atoms with van der Waals surface area (Å²) in [5.74, 6) is 0.858. The highest BCUT2D eigenvalue weighted by Crippen LogP contribution is 2.07. The number of guanidine groups is 1. The molecule has 0 aliphatic carbocycles. The summed E-state index contributed by atoms with van der Waals surface area (Å²) in [6, 6.07) is 0.490. The lowest BCUT2D eigenvalue weighted by atomic mass is 10.1. The van der Waals surface area contributed by atoms with Crippen molar-refractivity contribution in [2.24, 2.45) is 4.99 Å². The lowest BCUT2D eigenvalue weighted by Crippen LogP contribution is -2.46. The molecular formula is C15H35IN4O. The third-order valence-electron chi connectivity index (χ3n) is 3.52. The molecule has 0 rings (SSSR count). The van der Waals surface area contributed by atoms with E-state index in [9.17, 15) is 0 Å². The molecule has 21 heavy (non-hydrogen) atoms. The number of likely N-dealkylation sites (N-methyl/N-ethyl adjacent to an activating group) is 1. The molecule has 0 spiro atoms. The maximum Gasteiger partial charge on any atom is 0.191 e. The highest BCUT2D eigenvalue weighted by molar-refractivity contribution is 14.0. The summed E-state index contributed by atoms with van der Waals surface area (Å²) in [6.45, 7) is 17.3. The molecule has 0 bridgehead atoms. The summed E-state index contributed by atoms with van der Waals surface area (Å²) < 4.78 is 5.39. The molecule has 0 fully saturated rings. The highest BCUT2D eigenvalue weighted by Gasteiger charge is 2.16. The first-order valence-electron chi connectivity index (χ1n) is 7.71. The summed E-state index contributed by atoms with van der Waals surface area (Å²) in [7, 11) is 1.72. The molecule has 0 aliphatic rings. The van der Waals surface area contributed by atoms with E-state index in [2.05, 4.69) is 48.2 Å². The van der Waals surface area contributed by atoms with Crippen molar-refractivity contribution in [3.05, 3.63) is 0 Å². The molecule has 0 aromatic heterocycles. The lowest BCUT2D eigenvalue weighted by Gasteiger charge is -2.27. The van der Waals surface area contributed by atoms with E-state index in [1.807, 2.05) is 13.8 Å². The fraction of sp³-hybridized carbons (Fsp3) is 0.933. The van der Waals surface area contributed by atoms with E-state index in [1.165, 1.54) is 0 Å². The van der Waals surface area contributed by atoms with Crippen LogP contribution in [0.3, 0.4) is 0 Å². The second-order valence-electron chi connectivity index (χ2n) is 5.61. The fourth-order valence-corrected chi connectivity index (χ4v) is 1.90. The molecule has 0 aromatic carbocycles.